The van der Waals surface area contributed by atoms with Crippen LogP contribution in [-0.4, -0.2) is 52.6 Å². The molecule has 0 atom stereocenters. The summed E-state index contributed by atoms with van der Waals surface area (Å²) in [6, 6.07) is 12.1. The van der Waals surface area contributed by atoms with Crippen LogP contribution in [-0.2, 0) is 17.9 Å². The smallest absolute Gasteiger partial charge is 0.257 e. The minimum atomic E-state index is -0.758. The van der Waals surface area contributed by atoms with Crippen molar-refractivity contribution in [2.45, 2.75) is 39.3 Å². The van der Waals surface area contributed by atoms with Gasteiger partial charge in [-0.05, 0) is 48.9 Å². The molecule has 1 aromatic carbocycles. The number of hydrogen-bond donors (Lipinski definition) is 1. The fourth-order valence-corrected chi connectivity index (χ4v) is 4.90. The normalized spacial score (nSPS) is 12.9. The van der Waals surface area contributed by atoms with Gasteiger partial charge >= 0.3 is 0 Å². The Morgan fingerprint density at radius 1 is 1.02 bits per heavy atom. The van der Waals surface area contributed by atoms with Crippen LogP contribution in [0.1, 0.15) is 42.2 Å². The van der Waals surface area contributed by atoms with Crippen molar-refractivity contribution in [1.29, 1.82) is 0 Å². The molecule has 0 spiro atoms. The minimum absolute atomic E-state index is 0.0982. The Kier molecular flexibility index (Phi) is 6.96. The SMILES string of the molecule is CCCCC(=O)N1CCn2nc(-c3ccc(F)cc3)c(-c3ccc4nc(NC(=O)c5ccnc(F)c5)cn4n3)c2C1. The quantitative estimate of drug-likeness (QED) is 0.291. The number of hydrogen-bond acceptors (Lipinski definition) is 6. The van der Waals surface area contributed by atoms with Crippen molar-refractivity contribution in [3.05, 3.63) is 83.9 Å². The van der Waals surface area contributed by atoms with Gasteiger partial charge in [0.1, 0.15) is 11.5 Å². The van der Waals surface area contributed by atoms with Crippen LogP contribution in [0, 0.1) is 11.8 Å². The summed E-state index contributed by atoms with van der Waals surface area (Å²) < 4.78 is 30.6. The van der Waals surface area contributed by atoms with Gasteiger partial charge < -0.3 is 10.2 Å². The molecule has 1 aliphatic rings. The molecule has 1 N–H and O–H groups in total. The largest absolute Gasteiger partial charge is 0.335 e. The molecule has 41 heavy (non-hydrogen) atoms. The standard InChI is InChI=1S/C29H26F2N8O2/c1-2-3-4-26(40)37-13-14-38-22(16-37)27(28(36-38)18-5-7-20(30)8-6-18)21-9-10-25-33-24(17-39(25)35-21)34-29(41)19-11-12-32-23(31)15-19/h5-12,15,17H,2-4,13-14,16H2,1H3,(H,34,41). The molecule has 0 bridgehead atoms. The van der Waals surface area contributed by atoms with Gasteiger partial charge in [-0.3, -0.25) is 14.3 Å². The van der Waals surface area contributed by atoms with Crippen molar-refractivity contribution < 1.29 is 18.4 Å². The van der Waals surface area contributed by atoms with E-state index in [2.05, 4.69) is 22.2 Å². The highest BCUT2D eigenvalue weighted by Crippen LogP contribution is 2.36. The van der Waals surface area contributed by atoms with E-state index in [1.807, 2.05) is 9.58 Å². The highest BCUT2D eigenvalue weighted by molar-refractivity contribution is 6.03. The lowest BCUT2D eigenvalue weighted by Crippen LogP contribution is -2.38. The third-order valence-corrected chi connectivity index (χ3v) is 7.00. The lowest BCUT2D eigenvalue weighted by Gasteiger charge is -2.28. The number of nitrogens with zero attached hydrogens (tertiary/aromatic N) is 7. The summed E-state index contributed by atoms with van der Waals surface area (Å²) >= 11 is 0. The maximum absolute atomic E-state index is 13.7. The van der Waals surface area contributed by atoms with Gasteiger partial charge in [0.2, 0.25) is 11.9 Å². The molecule has 208 valence electrons. The van der Waals surface area contributed by atoms with E-state index in [0.29, 0.717) is 43.1 Å². The van der Waals surface area contributed by atoms with Crippen LogP contribution < -0.4 is 5.32 Å². The summed E-state index contributed by atoms with van der Waals surface area (Å²) in [5.41, 5.74) is 4.08. The van der Waals surface area contributed by atoms with E-state index in [0.717, 1.165) is 35.7 Å². The third-order valence-electron chi connectivity index (χ3n) is 7.00. The number of benzene rings is 1. The second-order valence-corrected chi connectivity index (χ2v) is 9.79. The molecule has 0 saturated heterocycles. The number of carbonyl (C=O) groups excluding carboxylic acids is 2. The molecule has 4 aromatic heterocycles. The molecule has 10 nitrogen and oxygen atoms in total. The predicted molar refractivity (Wildman–Crippen MR) is 147 cm³/mol. The Bertz CT molecular complexity index is 1760. The van der Waals surface area contributed by atoms with Gasteiger partial charge in [-0.15, -0.1) is 0 Å². The first-order valence-electron chi connectivity index (χ1n) is 13.3. The van der Waals surface area contributed by atoms with Crippen LogP contribution in [0.5, 0.6) is 0 Å². The Hall–Kier alpha value is -5.00. The summed E-state index contributed by atoms with van der Waals surface area (Å²) in [5.74, 6) is -1.31. The summed E-state index contributed by atoms with van der Waals surface area (Å²) in [6.07, 6.45) is 5.03. The lowest BCUT2D eigenvalue weighted by atomic mass is 10.0. The fraction of sp³-hybridized carbons (Fsp3) is 0.241. The van der Waals surface area contributed by atoms with Crippen molar-refractivity contribution in [3.8, 4) is 22.5 Å². The number of aromatic nitrogens is 6. The van der Waals surface area contributed by atoms with Gasteiger partial charge in [-0.1, -0.05) is 13.3 Å². The predicted octanol–water partition coefficient (Wildman–Crippen LogP) is 4.72. The molecular formula is C29H26F2N8O2. The molecule has 0 aliphatic carbocycles. The number of imidazole rings is 1. The molecule has 0 fully saturated rings. The number of halogens is 2. The molecule has 0 unspecified atom stereocenters. The maximum Gasteiger partial charge on any atom is 0.257 e. The van der Waals surface area contributed by atoms with E-state index < -0.39 is 11.9 Å². The van der Waals surface area contributed by atoms with Crippen molar-refractivity contribution in [3.63, 3.8) is 0 Å². The maximum atomic E-state index is 13.7. The third kappa shape index (κ3) is 5.28. The highest BCUT2D eigenvalue weighted by Gasteiger charge is 2.29. The second-order valence-electron chi connectivity index (χ2n) is 9.79. The second kappa shape index (κ2) is 10.9. The monoisotopic (exact) mass is 556 g/mol. The molecule has 0 radical (unpaired) electrons. The Balaban J connectivity index is 1.38. The lowest BCUT2D eigenvalue weighted by molar-refractivity contribution is -0.132. The molecule has 0 saturated carbocycles. The Morgan fingerprint density at radius 3 is 2.63 bits per heavy atom. The van der Waals surface area contributed by atoms with Crippen LogP contribution >= 0.6 is 0 Å². The van der Waals surface area contributed by atoms with Crippen molar-refractivity contribution >= 4 is 23.3 Å². The number of carbonyl (C=O) groups is 2. The molecule has 1 aliphatic heterocycles. The zero-order chi connectivity index (χ0) is 28.5. The number of nitrogens with one attached hydrogen (secondary N) is 1. The van der Waals surface area contributed by atoms with Gasteiger partial charge in [0, 0.05) is 36.4 Å². The highest BCUT2D eigenvalue weighted by atomic mass is 19.1. The number of pyridine rings is 1. The van der Waals surface area contributed by atoms with Gasteiger partial charge in [0.15, 0.2) is 11.5 Å². The first-order chi connectivity index (χ1) is 19.9. The summed E-state index contributed by atoms with van der Waals surface area (Å²) in [4.78, 5) is 35.2. The number of anilines is 1. The fourth-order valence-electron chi connectivity index (χ4n) is 4.90. The van der Waals surface area contributed by atoms with Crippen LogP contribution in [0.4, 0.5) is 14.6 Å². The zero-order valence-corrected chi connectivity index (χ0v) is 22.2. The van der Waals surface area contributed by atoms with Gasteiger partial charge in [0.25, 0.3) is 5.91 Å². The first kappa shape index (κ1) is 26.2. The molecule has 5 heterocycles. The summed E-state index contributed by atoms with van der Waals surface area (Å²) in [5, 5.41) is 12.3. The Morgan fingerprint density at radius 2 is 1.85 bits per heavy atom. The van der Waals surface area contributed by atoms with E-state index in [-0.39, 0.29) is 23.1 Å². The van der Waals surface area contributed by atoms with Crippen LogP contribution in [0.3, 0.4) is 0 Å². The first-order valence-corrected chi connectivity index (χ1v) is 13.3. The topological polar surface area (TPSA) is 110 Å². The zero-order valence-electron chi connectivity index (χ0n) is 22.2. The Labute approximate surface area is 233 Å². The van der Waals surface area contributed by atoms with Crippen LogP contribution in [0.2, 0.25) is 0 Å². The van der Waals surface area contributed by atoms with E-state index in [4.69, 9.17) is 10.2 Å². The molecule has 12 heteroatoms. The van der Waals surface area contributed by atoms with Crippen molar-refractivity contribution in [2.75, 3.05) is 11.9 Å². The molecule has 6 rings (SSSR count). The number of unbranched alkanes of at least 4 members (excludes halogenated alkanes) is 1. The number of rotatable bonds is 7. The molecular weight excluding hydrogens is 530 g/mol. The summed E-state index contributed by atoms with van der Waals surface area (Å²) in [6.45, 7) is 3.51. The van der Waals surface area contributed by atoms with Crippen molar-refractivity contribution in [2.24, 2.45) is 0 Å². The average Bonchev–Trinajstić information content (AvgIpc) is 3.56. The van der Waals surface area contributed by atoms with Crippen LogP contribution in [0.25, 0.3) is 28.2 Å². The average molecular weight is 557 g/mol. The molecule has 5 aromatic rings. The van der Waals surface area contributed by atoms with E-state index in [9.17, 15) is 18.4 Å². The van der Waals surface area contributed by atoms with E-state index >= 15 is 0 Å². The van der Waals surface area contributed by atoms with Crippen LogP contribution in [0.15, 0.2) is 60.9 Å². The summed E-state index contributed by atoms with van der Waals surface area (Å²) in [7, 11) is 0. The van der Waals surface area contributed by atoms with Crippen molar-refractivity contribution in [1.82, 2.24) is 34.3 Å². The van der Waals surface area contributed by atoms with Gasteiger partial charge in [0.05, 0.1) is 36.2 Å². The van der Waals surface area contributed by atoms with E-state index in [1.165, 1.54) is 28.9 Å². The van der Waals surface area contributed by atoms with E-state index in [1.54, 1.807) is 30.5 Å². The number of fused-ring (bicyclic) bond motifs is 2. The molecule has 2 amide bonds. The van der Waals surface area contributed by atoms with Gasteiger partial charge in [-0.2, -0.15) is 14.6 Å². The minimum Gasteiger partial charge on any atom is -0.335 e. The van der Waals surface area contributed by atoms with Gasteiger partial charge in [-0.25, -0.2) is 18.9 Å². The number of amides is 2.